The van der Waals surface area contributed by atoms with Crippen LogP contribution in [0.3, 0.4) is 0 Å². The van der Waals surface area contributed by atoms with Crippen molar-refractivity contribution in [1.29, 1.82) is 0 Å². The van der Waals surface area contributed by atoms with Crippen molar-refractivity contribution in [3.05, 3.63) is 0 Å². The Labute approximate surface area is 104 Å². The Kier molecular flexibility index (Phi) is 9.40. The Bertz CT molecular complexity index is 256. The van der Waals surface area contributed by atoms with Crippen LogP contribution in [0.4, 0.5) is 0 Å². The van der Waals surface area contributed by atoms with Gasteiger partial charge in [-0.05, 0) is 25.0 Å². The second kappa shape index (κ2) is 9.27. The summed E-state index contributed by atoms with van der Waals surface area (Å²) >= 11 is 1.86. The largest absolute Gasteiger partial charge is 0.271 e. The smallest absolute Gasteiger partial charge is 0.150 e. The number of rotatable bonds is 10. The van der Waals surface area contributed by atoms with Crippen molar-refractivity contribution < 1.29 is 8.42 Å². The molecule has 4 nitrogen and oxygen atoms in total. The molecule has 1 atom stereocenters. The Hall–Kier alpha value is 0.220. The summed E-state index contributed by atoms with van der Waals surface area (Å²) in [4.78, 5) is 0. The zero-order chi connectivity index (χ0) is 12.4. The molecule has 0 heterocycles. The molecule has 0 spiro atoms. The van der Waals surface area contributed by atoms with E-state index in [2.05, 4.69) is 12.3 Å². The SMILES string of the molecule is CCCSCC(CCCS(=O)(=O)CC)NN. The van der Waals surface area contributed by atoms with Gasteiger partial charge < -0.3 is 0 Å². The fourth-order valence-corrected chi connectivity index (χ4v) is 3.18. The summed E-state index contributed by atoms with van der Waals surface area (Å²) in [7, 11) is -2.82. The number of hydrazine groups is 1. The minimum atomic E-state index is -2.82. The molecule has 0 rings (SSSR count). The highest BCUT2D eigenvalue weighted by molar-refractivity contribution is 7.99. The van der Waals surface area contributed by atoms with Gasteiger partial charge in [-0.2, -0.15) is 11.8 Å². The normalized spacial score (nSPS) is 13.9. The van der Waals surface area contributed by atoms with E-state index in [1.807, 2.05) is 11.8 Å². The highest BCUT2D eigenvalue weighted by atomic mass is 32.2. The monoisotopic (exact) mass is 268 g/mol. The van der Waals surface area contributed by atoms with Crippen LogP contribution in [0.2, 0.25) is 0 Å². The lowest BCUT2D eigenvalue weighted by Crippen LogP contribution is -2.37. The Balaban J connectivity index is 3.70. The molecule has 0 aromatic carbocycles. The molecule has 0 aliphatic heterocycles. The van der Waals surface area contributed by atoms with E-state index in [0.29, 0.717) is 6.42 Å². The van der Waals surface area contributed by atoms with Crippen LogP contribution in [0.5, 0.6) is 0 Å². The van der Waals surface area contributed by atoms with E-state index in [0.717, 1.165) is 24.3 Å². The molecule has 6 heteroatoms. The maximum absolute atomic E-state index is 11.3. The number of nitrogens with one attached hydrogen (secondary N) is 1. The van der Waals surface area contributed by atoms with Crippen LogP contribution in [-0.2, 0) is 9.84 Å². The van der Waals surface area contributed by atoms with Crippen molar-refractivity contribution >= 4 is 21.6 Å². The topological polar surface area (TPSA) is 72.2 Å². The molecule has 0 saturated carbocycles. The van der Waals surface area contributed by atoms with Crippen LogP contribution < -0.4 is 11.3 Å². The lowest BCUT2D eigenvalue weighted by atomic mass is 10.2. The number of nitrogens with two attached hydrogens (primary N) is 1. The molecule has 3 N–H and O–H groups in total. The second-order valence-corrected chi connectivity index (χ2v) is 7.44. The predicted molar refractivity (Wildman–Crippen MR) is 72.3 cm³/mol. The van der Waals surface area contributed by atoms with Crippen molar-refractivity contribution in [2.45, 2.75) is 39.2 Å². The Morgan fingerprint density at radius 1 is 1.38 bits per heavy atom. The summed E-state index contributed by atoms with van der Waals surface area (Å²) in [5.41, 5.74) is 2.75. The van der Waals surface area contributed by atoms with Crippen LogP contribution in [-0.4, -0.2) is 37.5 Å². The zero-order valence-electron chi connectivity index (χ0n) is 10.2. The molecule has 0 radical (unpaired) electrons. The van der Waals surface area contributed by atoms with E-state index in [-0.39, 0.29) is 17.5 Å². The van der Waals surface area contributed by atoms with Gasteiger partial charge in [0.15, 0.2) is 0 Å². The third kappa shape index (κ3) is 8.38. The van der Waals surface area contributed by atoms with E-state index in [1.165, 1.54) is 0 Å². The van der Waals surface area contributed by atoms with Crippen molar-refractivity contribution in [2.24, 2.45) is 5.84 Å². The number of sulfone groups is 1. The van der Waals surface area contributed by atoms with Gasteiger partial charge in [-0.3, -0.25) is 11.3 Å². The average molecular weight is 268 g/mol. The molecular formula is C10H24N2O2S2. The molecule has 0 aliphatic carbocycles. The summed E-state index contributed by atoms with van der Waals surface area (Å²) in [5.74, 6) is 8.02. The lowest BCUT2D eigenvalue weighted by molar-refractivity contribution is 0.528. The molecule has 0 aliphatic rings. The van der Waals surface area contributed by atoms with Gasteiger partial charge in [0, 0.05) is 17.5 Å². The molecule has 0 aromatic heterocycles. The van der Waals surface area contributed by atoms with Crippen LogP contribution >= 0.6 is 11.8 Å². The summed E-state index contributed by atoms with van der Waals surface area (Å²) in [6.07, 6.45) is 2.68. The summed E-state index contributed by atoms with van der Waals surface area (Å²) in [5, 5.41) is 0. The van der Waals surface area contributed by atoms with E-state index < -0.39 is 9.84 Å². The first-order valence-corrected chi connectivity index (χ1v) is 8.77. The number of hydrogen-bond donors (Lipinski definition) is 2. The first-order valence-electron chi connectivity index (χ1n) is 5.80. The van der Waals surface area contributed by atoms with Crippen LogP contribution in [0, 0.1) is 0 Å². The maximum atomic E-state index is 11.3. The van der Waals surface area contributed by atoms with Gasteiger partial charge in [0.1, 0.15) is 9.84 Å². The lowest BCUT2D eigenvalue weighted by Gasteiger charge is -2.14. The van der Waals surface area contributed by atoms with Gasteiger partial charge in [-0.1, -0.05) is 13.8 Å². The molecule has 16 heavy (non-hydrogen) atoms. The predicted octanol–water partition coefficient (Wildman–Crippen LogP) is 1.18. The number of thioether (sulfide) groups is 1. The minimum Gasteiger partial charge on any atom is -0.271 e. The van der Waals surface area contributed by atoms with Crippen molar-refractivity contribution in [1.82, 2.24) is 5.43 Å². The van der Waals surface area contributed by atoms with E-state index in [4.69, 9.17) is 5.84 Å². The highest BCUT2D eigenvalue weighted by Gasteiger charge is 2.10. The summed E-state index contributed by atoms with van der Waals surface area (Å²) < 4.78 is 22.5. The minimum absolute atomic E-state index is 0.226. The highest BCUT2D eigenvalue weighted by Crippen LogP contribution is 2.09. The second-order valence-electron chi connectivity index (χ2n) is 3.82. The standard InChI is InChI=1S/C10H24N2O2S2/c1-3-7-15-9-10(12-11)6-5-8-16(13,14)4-2/h10,12H,3-9,11H2,1-2H3. The number of hydrogen-bond acceptors (Lipinski definition) is 5. The molecule has 0 fully saturated rings. The van der Waals surface area contributed by atoms with Crippen molar-refractivity contribution in [3.63, 3.8) is 0 Å². The molecule has 0 bridgehead atoms. The summed E-state index contributed by atoms with van der Waals surface area (Å²) in [6, 6.07) is 0.226. The van der Waals surface area contributed by atoms with Gasteiger partial charge in [0.05, 0.1) is 5.75 Å². The Morgan fingerprint density at radius 2 is 2.06 bits per heavy atom. The van der Waals surface area contributed by atoms with Crippen molar-refractivity contribution in [2.75, 3.05) is 23.0 Å². The molecule has 0 aromatic rings. The fourth-order valence-electron chi connectivity index (χ4n) is 1.28. The van der Waals surface area contributed by atoms with Gasteiger partial charge in [-0.15, -0.1) is 0 Å². The van der Waals surface area contributed by atoms with E-state index >= 15 is 0 Å². The third-order valence-corrected chi connectivity index (χ3v) is 5.48. The van der Waals surface area contributed by atoms with Crippen molar-refractivity contribution in [3.8, 4) is 0 Å². The van der Waals surface area contributed by atoms with Gasteiger partial charge in [-0.25, -0.2) is 8.42 Å². The van der Waals surface area contributed by atoms with E-state index in [9.17, 15) is 8.42 Å². The zero-order valence-corrected chi connectivity index (χ0v) is 11.9. The molecule has 0 amide bonds. The van der Waals surface area contributed by atoms with Crippen LogP contribution in [0.25, 0.3) is 0 Å². The third-order valence-electron chi connectivity index (χ3n) is 2.35. The van der Waals surface area contributed by atoms with Gasteiger partial charge in [0.25, 0.3) is 0 Å². The van der Waals surface area contributed by atoms with Crippen LogP contribution in [0.1, 0.15) is 33.1 Å². The quantitative estimate of drug-likeness (QED) is 0.353. The fraction of sp³-hybridized carbons (Fsp3) is 1.00. The summed E-state index contributed by atoms with van der Waals surface area (Å²) in [6.45, 7) is 3.83. The van der Waals surface area contributed by atoms with Gasteiger partial charge >= 0.3 is 0 Å². The molecular weight excluding hydrogens is 244 g/mol. The Morgan fingerprint density at radius 3 is 2.56 bits per heavy atom. The first-order chi connectivity index (χ1) is 7.55. The van der Waals surface area contributed by atoms with Gasteiger partial charge in [0.2, 0.25) is 0 Å². The van der Waals surface area contributed by atoms with Crippen LogP contribution in [0.15, 0.2) is 0 Å². The molecule has 1 unspecified atom stereocenters. The molecule has 98 valence electrons. The average Bonchev–Trinajstić information content (AvgIpc) is 2.27. The first kappa shape index (κ1) is 16.2. The maximum Gasteiger partial charge on any atom is 0.150 e. The molecule has 0 saturated heterocycles. The van der Waals surface area contributed by atoms with E-state index in [1.54, 1.807) is 6.92 Å².